The Morgan fingerprint density at radius 1 is 1.76 bits per heavy atom. The van der Waals surface area contributed by atoms with E-state index in [1.807, 2.05) is 0 Å². The predicted octanol–water partition coefficient (Wildman–Crippen LogP) is 1.65. The Hall–Kier alpha value is -1.87. The van der Waals surface area contributed by atoms with Crippen LogP contribution in [0.25, 0.3) is 0 Å². The Morgan fingerprint density at radius 3 is 3.29 bits per heavy atom. The summed E-state index contributed by atoms with van der Waals surface area (Å²) in [5, 5.41) is 13.6. The number of oxime groups is 1. The lowest BCUT2D eigenvalue weighted by atomic mass is 10.2. The largest absolute Gasteiger partial charge is 0.469 e. The van der Waals surface area contributed by atoms with Crippen LogP contribution in [-0.2, 0) is 9.53 Å². The summed E-state index contributed by atoms with van der Waals surface area (Å²) in [5.41, 5.74) is 0.580. The van der Waals surface area contributed by atoms with Crippen molar-refractivity contribution in [3.63, 3.8) is 0 Å². The average molecular weight is 252 g/mol. The van der Waals surface area contributed by atoms with Gasteiger partial charge in [-0.25, -0.2) is 4.98 Å². The van der Waals surface area contributed by atoms with E-state index in [4.69, 9.17) is 5.21 Å². The monoisotopic (exact) mass is 252 g/mol. The first-order valence-corrected chi connectivity index (χ1v) is 5.83. The number of unbranched alkanes of at least 4 members (excludes halogenated alkanes) is 1. The van der Waals surface area contributed by atoms with E-state index >= 15 is 0 Å². The van der Waals surface area contributed by atoms with Gasteiger partial charge in [-0.2, -0.15) is 0 Å². The van der Waals surface area contributed by atoms with Crippen LogP contribution in [0.15, 0.2) is 10.5 Å². The van der Waals surface area contributed by atoms with E-state index in [1.165, 1.54) is 24.7 Å². The highest BCUT2D eigenvalue weighted by Gasteiger charge is 1.98. The van der Waals surface area contributed by atoms with Gasteiger partial charge in [0.05, 0.1) is 19.0 Å². The lowest BCUT2D eigenvalue weighted by Gasteiger charge is -1.93. The van der Waals surface area contributed by atoms with E-state index in [0.29, 0.717) is 30.0 Å². The molecule has 1 heterocycles. The van der Waals surface area contributed by atoms with Crippen molar-refractivity contribution in [2.24, 2.45) is 5.16 Å². The molecule has 0 spiro atoms. The van der Waals surface area contributed by atoms with Gasteiger partial charge in [-0.1, -0.05) is 11.1 Å². The molecule has 0 saturated carbocycles. The number of rotatable bonds is 4. The number of carbonyl (C=O) groups is 1. The number of carbonyl (C=O) groups excluding carboxylic acids is 1. The third-order valence-electron chi connectivity index (χ3n) is 1.82. The number of esters is 1. The summed E-state index contributed by atoms with van der Waals surface area (Å²) in [6.07, 6.45) is 2.93. The number of aromatic nitrogens is 1. The van der Waals surface area contributed by atoms with Gasteiger partial charge in [-0.15, -0.1) is 11.3 Å². The molecular weight excluding hydrogens is 240 g/mol. The molecule has 6 heteroatoms. The first kappa shape index (κ1) is 13.2. The summed E-state index contributed by atoms with van der Waals surface area (Å²) in [7, 11) is 1.37. The maximum absolute atomic E-state index is 10.8. The number of thiazole rings is 1. The molecular formula is C11H12N2O3S. The Balaban J connectivity index is 2.35. The molecule has 0 aliphatic heterocycles. The molecule has 0 atom stereocenters. The summed E-state index contributed by atoms with van der Waals surface area (Å²) in [6.45, 7) is 0. The van der Waals surface area contributed by atoms with E-state index in [0.717, 1.165) is 0 Å². The summed E-state index contributed by atoms with van der Waals surface area (Å²) in [5.74, 6) is 5.58. The third-order valence-corrected chi connectivity index (χ3v) is 2.59. The number of hydrogen-bond donors (Lipinski definition) is 1. The maximum atomic E-state index is 10.8. The van der Waals surface area contributed by atoms with Crippen molar-refractivity contribution in [3.05, 3.63) is 16.1 Å². The molecule has 1 aromatic heterocycles. The molecule has 17 heavy (non-hydrogen) atoms. The zero-order valence-electron chi connectivity index (χ0n) is 9.34. The second kappa shape index (κ2) is 7.41. The molecule has 0 saturated heterocycles. The van der Waals surface area contributed by atoms with Crippen LogP contribution in [0.1, 0.15) is 30.0 Å². The normalized spacial score (nSPS) is 9.94. The minimum Gasteiger partial charge on any atom is -0.469 e. The van der Waals surface area contributed by atoms with Gasteiger partial charge in [-0.05, 0) is 12.3 Å². The van der Waals surface area contributed by atoms with E-state index in [2.05, 4.69) is 26.7 Å². The molecule has 0 aliphatic carbocycles. The summed E-state index contributed by atoms with van der Waals surface area (Å²) >= 11 is 1.38. The molecule has 0 aliphatic rings. The fourth-order valence-corrected chi connectivity index (χ4v) is 1.66. The molecule has 0 radical (unpaired) electrons. The van der Waals surface area contributed by atoms with Crippen molar-refractivity contribution in [2.45, 2.75) is 19.3 Å². The molecule has 1 rings (SSSR count). The van der Waals surface area contributed by atoms with Crippen molar-refractivity contribution >= 4 is 23.5 Å². The summed E-state index contributed by atoms with van der Waals surface area (Å²) < 4.78 is 4.51. The van der Waals surface area contributed by atoms with Crippen molar-refractivity contribution in [3.8, 4) is 11.8 Å². The van der Waals surface area contributed by atoms with Crippen LogP contribution < -0.4 is 0 Å². The van der Waals surface area contributed by atoms with Crippen molar-refractivity contribution in [2.75, 3.05) is 7.11 Å². The van der Waals surface area contributed by atoms with E-state index in [-0.39, 0.29) is 5.97 Å². The molecule has 1 N–H and O–H groups in total. The van der Waals surface area contributed by atoms with Crippen LogP contribution in [0, 0.1) is 11.8 Å². The van der Waals surface area contributed by atoms with Gasteiger partial charge in [0.2, 0.25) is 0 Å². The second-order valence-corrected chi connectivity index (χ2v) is 3.91. The fraction of sp³-hybridized carbons (Fsp3) is 0.364. The molecule has 0 bridgehead atoms. The van der Waals surface area contributed by atoms with Crippen LogP contribution in [0.5, 0.6) is 0 Å². The minimum atomic E-state index is -0.220. The first-order valence-electron chi connectivity index (χ1n) is 4.95. The smallest absolute Gasteiger partial charge is 0.305 e. The Labute approximate surface area is 103 Å². The highest BCUT2D eigenvalue weighted by molar-refractivity contribution is 7.10. The van der Waals surface area contributed by atoms with Gasteiger partial charge in [0.25, 0.3) is 0 Å². The topological polar surface area (TPSA) is 71.8 Å². The summed E-state index contributed by atoms with van der Waals surface area (Å²) in [4.78, 5) is 14.9. The van der Waals surface area contributed by atoms with Crippen LogP contribution in [0.4, 0.5) is 0 Å². The molecule has 0 amide bonds. The van der Waals surface area contributed by atoms with Crippen LogP contribution in [0.3, 0.4) is 0 Å². The van der Waals surface area contributed by atoms with Crippen molar-refractivity contribution in [1.29, 1.82) is 0 Å². The van der Waals surface area contributed by atoms with Crippen LogP contribution >= 0.6 is 11.3 Å². The van der Waals surface area contributed by atoms with Gasteiger partial charge in [0, 0.05) is 18.2 Å². The molecule has 0 fully saturated rings. The summed E-state index contributed by atoms with van der Waals surface area (Å²) in [6, 6.07) is 0. The zero-order valence-corrected chi connectivity index (χ0v) is 10.2. The lowest BCUT2D eigenvalue weighted by molar-refractivity contribution is -0.140. The molecule has 0 aromatic carbocycles. The third kappa shape index (κ3) is 5.13. The molecule has 1 aromatic rings. The zero-order chi connectivity index (χ0) is 12.5. The van der Waals surface area contributed by atoms with Crippen LogP contribution in [-0.4, -0.2) is 29.5 Å². The van der Waals surface area contributed by atoms with Crippen LogP contribution in [0.2, 0.25) is 0 Å². The number of ether oxygens (including phenoxy) is 1. The number of nitrogens with zero attached hydrogens (tertiary/aromatic N) is 2. The van der Waals surface area contributed by atoms with Crippen molar-refractivity contribution in [1.82, 2.24) is 4.98 Å². The molecule has 90 valence electrons. The van der Waals surface area contributed by atoms with Gasteiger partial charge in [0.15, 0.2) is 5.01 Å². The Morgan fingerprint density at radius 2 is 2.59 bits per heavy atom. The second-order valence-electron chi connectivity index (χ2n) is 3.05. The van der Waals surface area contributed by atoms with E-state index in [9.17, 15) is 4.79 Å². The highest BCUT2D eigenvalue weighted by atomic mass is 32.1. The SMILES string of the molecule is COC(=O)CCCC#Cc1nc(C=NO)cs1. The Bertz CT molecular complexity index is 457. The Kier molecular flexibility index (Phi) is 5.75. The average Bonchev–Trinajstić information content (AvgIpc) is 2.76. The van der Waals surface area contributed by atoms with E-state index < -0.39 is 0 Å². The molecule has 5 nitrogen and oxygen atoms in total. The number of hydrogen-bond acceptors (Lipinski definition) is 6. The predicted molar refractivity (Wildman–Crippen MR) is 64.2 cm³/mol. The quantitative estimate of drug-likeness (QED) is 0.221. The van der Waals surface area contributed by atoms with E-state index in [1.54, 1.807) is 5.38 Å². The van der Waals surface area contributed by atoms with Gasteiger partial charge >= 0.3 is 5.97 Å². The van der Waals surface area contributed by atoms with Gasteiger partial charge in [-0.3, -0.25) is 4.79 Å². The molecule has 0 unspecified atom stereocenters. The van der Waals surface area contributed by atoms with Crippen molar-refractivity contribution < 1.29 is 14.7 Å². The fourth-order valence-electron chi connectivity index (χ4n) is 1.02. The highest BCUT2D eigenvalue weighted by Crippen LogP contribution is 2.06. The first-order chi connectivity index (χ1) is 8.26. The minimum absolute atomic E-state index is 0.220. The number of methoxy groups -OCH3 is 1. The lowest BCUT2D eigenvalue weighted by Crippen LogP contribution is -1.98. The van der Waals surface area contributed by atoms with Gasteiger partial charge < -0.3 is 9.94 Å². The van der Waals surface area contributed by atoms with Gasteiger partial charge in [0.1, 0.15) is 0 Å². The maximum Gasteiger partial charge on any atom is 0.305 e. The standard InChI is InChI=1S/C11H12N2O3S/c1-16-11(14)6-4-2-3-5-10-13-9(7-12-15)8-17-10/h7-8,15H,2,4,6H2,1H3.